The van der Waals surface area contributed by atoms with Gasteiger partial charge in [0.15, 0.2) is 0 Å². The zero-order valence-electron chi connectivity index (χ0n) is 16.9. The van der Waals surface area contributed by atoms with E-state index < -0.39 is 0 Å². The third-order valence-corrected chi connectivity index (χ3v) is 5.50. The lowest BCUT2D eigenvalue weighted by atomic mass is 10.1. The van der Waals surface area contributed by atoms with Crippen molar-refractivity contribution in [3.63, 3.8) is 0 Å². The number of hydrazine groups is 1. The Balaban J connectivity index is 1.69. The maximum absolute atomic E-state index is 5.91. The molecule has 0 bridgehead atoms. The molecule has 0 aliphatic carbocycles. The molecule has 5 rings (SSSR count). The number of anilines is 4. The van der Waals surface area contributed by atoms with Crippen LogP contribution in [0.3, 0.4) is 0 Å². The molecule has 0 saturated carbocycles. The Labute approximate surface area is 176 Å². The van der Waals surface area contributed by atoms with Gasteiger partial charge in [-0.3, -0.25) is 0 Å². The second-order valence-corrected chi connectivity index (χ2v) is 7.53. The molecule has 146 valence electrons. The monoisotopic (exact) mass is 389 g/mol. The van der Waals surface area contributed by atoms with E-state index in [4.69, 9.17) is 5.84 Å². The minimum atomic E-state index is 0.968. The van der Waals surface area contributed by atoms with Gasteiger partial charge in [-0.1, -0.05) is 60.7 Å². The summed E-state index contributed by atoms with van der Waals surface area (Å²) in [7, 11) is 1.85. The van der Waals surface area contributed by atoms with Gasteiger partial charge in [0.25, 0.3) is 0 Å². The van der Waals surface area contributed by atoms with Crippen LogP contribution >= 0.6 is 0 Å². The first-order valence-corrected chi connectivity index (χ1v) is 10.1. The first kappa shape index (κ1) is 18.2. The molecule has 3 heteroatoms. The van der Waals surface area contributed by atoms with E-state index in [9.17, 15) is 0 Å². The van der Waals surface area contributed by atoms with Gasteiger partial charge in [-0.15, -0.1) is 0 Å². The van der Waals surface area contributed by atoms with Crippen molar-refractivity contribution in [2.24, 2.45) is 5.84 Å². The van der Waals surface area contributed by atoms with Crippen LogP contribution in [0.25, 0.3) is 21.5 Å². The lowest BCUT2D eigenvalue weighted by Crippen LogP contribution is -2.24. The molecule has 30 heavy (non-hydrogen) atoms. The van der Waals surface area contributed by atoms with Crippen LogP contribution in [-0.4, -0.2) is 7.05 Å². The number of hydrogen-bond acceptors (Lipinski definition) is 3. The number of nitrogens with two attached hydrogens (primary N) is 1. The Kier molecular flexibility index (Phi) is 4.58. The normalized spacial score (nSPS) is 11.0. The first-order chi connectivity index (χ1) is 14.7. The molecule has 0 atom stereocenters. The van der Waals surface area contributed by atoms with Crippen molar-refractivity contribution >= 4 is 44.3 Å². The minimum absolute atomic E-state index is 0.968. The molecule has 5 aromatic carbocycles. The number of fused-ring (bicyclic) bond motifs is 2. The summed E-state index contributed by atoms with van der Waals surface area (Å²) in [6, 6.07) is 38.4. The quantitative estimate of drug-likeness (QED) is 0.272. The van der Waals surface area contributed by atoms with Crippen LogP contribution in [-0.2, 0) is 0 Å². The van der Waals surface area contributed by atoms with Crippen LogP contribution in [0.1, 0.15) is 0 Å². The summed E-state index contributed by atoms with van der Waals surface area (Å²) in [5, 5.41) is 6.54. The maximum atomic E-state index is 5.91. The van der Waals surface area contributed by atoms with Crippen molar-refractivity contribution < 1.29 is 0 Å². The van der Waals surface area contributed by atoms with E-state index in [1.165, 1.54) is 21.5 Å². The van der Waals surface area contributed by atoms with E-state index >= 15 is 0 Å². The van der Waals surface area contributed by atoms with E-state index in [1.807, 2.05) is 19.2 Å². The SMILES string of the molecule is CN(N)c1ccc(N(c2ccc3ccccc3c2)c2ccc3ccccc3c2)cc1. The zero-order valence-corrected chi connectivity index (χ0v) is 16.9. The first-order valence-electron chi connectivity index (χ1n) is 10.1. The Morgan fingerprint density at radius 1 is 0.467 bits per heavy atom. The van der Waals surface area contributed by atoms with Gasteiger partial charge in [-0.05, 0) is 70.1 Å². The highest BCUT2D eigenvalue weighted by atomic mass is 15.4. The molecule has 3 nitrogen and oxygen atoms in total. The molecule has 0 spiro atoms. The number of benzene rings is 5. The van der Waals surface area contributed by atoms with E-state index in [2.05, 4.69) is 102 Å². The molecule has 0 amide bonds. The van der Waals surface area contributed by atoms with Crippen molar-refractivity contribution in [2.45, 2.75) is 0 Å². The van der Waals surface area contributed by atoms with Crippen molar-refractivity contribution in [3.05, 3.63) is 109 Å². The van der Waals surface area contributed by atoms with Crippen LogP contribution in [0.2, 0.25) is 0 Å². The number of rotatable bonds is 4. The van der Waals surface area contributed by atoms with Gasteiger partial charge in [-0.2, -0.15) is 0 Å². The van der Waals surface area contributed by atoms with E-state index in [0.29, 0.717) is 0 Å². The number of nitrogens with zero attached hydrogens (tertiary/aromatic N) is 2. The molecular weight excluding hydrogens is 366 g/mol. The summed E-state index contributed by atoms with van der Waals surface area (Å²) in [4.78, 5) is 2.29. The molecule has 0 aromatic heterocycles. The third kappa shape index (κ3) is 3.36. The summed E-state index contributed by atoms with van der Waals surface area (Å²) in [5.74, 6) is 5.91. The molecule has 0 radical (unpaired) electrons. The predicted molar refractivity (Wildman–Crippen MR) is 129 cm³/mol. The van der Waals surface area contributed by atoms with Crippen molar-refractivity contribution in [1.29, 1.82) is 0 Å². The molecule has 0 heterocycles. The smallest absolute Gasteiger partial charge is 0.0515 e. The highest BCUT2D eigenvalue weighted by Crippen LogP contribution is 2.37. The molecule has 2 N–H and O–H groups in total. The van der Waals surface area contributed by atoms with Gasteiger partial charge < -0.3 is 9.91 Å². The fourth-order valence-corrected chi connectivity index (χ4v) is 3.92. The second-order valence-electron chi connectivity index (χ2n) is 7.53. The molecule has 0 fully saturated rings. The second kappa shape index (κ2) is 7.54. The Hall–Kier alpha value is -3.82. The lowest BCUT2D eigenvalue weighted by molar-refractivity contribution is 1.02. The maximum Gasteiger partial charge on any atom is 0.0515 e. The fraction of sp³-hybridized carbons (Fsp3) is 0.0370. The topological polar surface area (TPSA) is 32.5 Å². The molecule has 0 saturated heterocycles. The van der Waals surface area contributed by atoms with Crippen molar-refractivity contribution in [3.8, 4) is 0 Å². The highest BCUT2D eigenvalue weighted by Gasteiger charge is 2.14. The summed E-state index contributed by atoms with van der Waals surface area (Å²) in [6.07, 6.45) is 0. The van der Waals surface area contributed by atoms with Crippen LogP contribution in [0, 0.1) is 0 Å². The van der Waals surface area contributed by atoms with Crippen LogP contribution < -0.4 is 15.8 Å². The van der Waals surface area contributed by atoms with E-state index in [-0.39, 0.29) is 0 Å². The van der Waals surface area contributed by atoms with Crippen LogP contribution in [0.15, 0.2) is 109 Å². The minimum Gasteiger partial charge on any atom is -0.314 e. The molecular formula is C27H23N3. The van der Waals surface area contributed by atoms with E-state index in [0.717, 1.165) is 22.7 Å². The standard InChI is InChI=1S/C27H23N3/c1-29(28)24-14-16-25(17-15-24)30(26-12-10-20-6-2-4-8-22(20)18-26)27-13-11-21-7-3-5-9-23(21)19-27/h2-19H,28H2,1H3. The Morgan fingerprint density at radius 3 is 1.33 bits per heavy atom. The van der Waals surface area contributed by atoms with Crippen molar-refractivity contribution in [1.82, 2.24) is 0 Å². The Bertz CT molecular complexity index is 1240. The van der Waals surface area contributed by atoms with Gasteiger partial charge in [0.1, 0.15) is 0 Å². The van der Waals surface area contributed by atoms with Gasteiger partial charge >= 0.3 is 0 Å². The third-order valence-electron chi connectivity index (χ3n) is 5.50. The zero-order chi connectivity index (χ0) is 20.5. The van der Waals surface area contributed by atoms with Gasteiger partial charge in [0, 0.05) is 24.1 Å². The summed E-state index contributed by atoms with van der Waals surface area (Å²) >= 11 is 0. The lowest BCUT2D eigenvalue weighted by Gasteiger charge is -2.26. The predicted octanol–water partition coefficient (Wildman–Crippen LogP) is 6.77. The summed E-state index contributed by atoms with van der Waals surface area (Å²) in [5.41, 5.74) is 4.30. The number of hydrogen-bond donors (Lipinski definition) is 1. The fourth-order valence-electron chi connectivity index (χ4n) is 3.92. The van der Waals surface area contributed by atoms with Crippen molar-refractivity contribution in [2.75, 3.05) is 17.0 Å². The molecule has 5 aromatic rings. The molecule has 0 aliphatic heterocycles. The highest BCUT2D eigenvalue weighted by molar-refractivity contribution is 5.92. The van der Waals surface area contributed by atoms with Gasteiger partial charge in [-0.25, -0.2) is 5.84 Å². The van der Waals surface area contributed by atoms with Gasteiger partial charge in [0.2, 0.25) is 0 Å². The summed E-state index contributed by atoms with van der Waals surface area (Å²) in [6.45, 7) is 0. The van der Waals surface area contributed by atoms with Crippen LogP contribution in [0.5, 0.6) is 0 Å². The average Bonchev–Trinajstić information content (AvgIpc) is 2.79. The van der Waals surface area contributed by atoms with Crippen LogP contribution in [0.4, 0.5) is 22.7 Å². The average molecular weight is 390 g/mol. The summed E-state index contributed by atoms with van der Waals surface area (Å²) < 4.78 is 0. The molecule has 0 aliphatic rings. The van der Waals surface area contributed by atoms with E-state index in [1.54, 1.807) is 5.01 Å². The molecule has 0 unspecified atom stereocenters. The van der Waals surface area contributed by atoms with Gasteiger partial charge in [0.05, 0.1) is 5.69 Å². The largest absolute Gasteiger partial charge is 0.314 e. The Morgan fingerprint density at radius 2 is 0.867 bits per heavy atom.